The summed E-state index contributed by atoms with van der Waals surface area (Å²) in [5, 5.41) is 0. The second kappa shape index (κ2) is 3.78. The molecule has 0 amide bonds. The summed E-state index contributed by atoms with van der Waals surface area (Å²) >= 11 is 0. The Labute approximate surface area is 55.3 Å². The average molecular weight is 125 g/mol. The Morgan fingerprint density at radius 3 is 2.33 bits per heavy atom. The van der Waals surface area contributed by atoms with Crippen LogP contribution in [0.15, 0.2) is 36.8 Å². The van der Waals surface area contributed by atoms with E-state index in [9.17, 15) is 0 Å². The molecule has 0 rings (SSSR count). The van der Waals surface area contributed by atoms with E-state index in [0.29, 0.717) is 11.5 Å². The highest BCUT2D eigenvalue weighted by Crippen LogP contribution is 1.93. The lowest BCUT2D eigenvalue weighted by Crippen LogP contribution is -1.89. The minimum absolute atomic E-state index is 0.494. The van der Waals surface area contributed by atoms with Crippen LogP contribution in [0.3, 0.4) is 0 Å². The van der Waals surface area contributed by atoms with E-state index in [1.807, 2.05) is 0 Å². The molecule has 0 saturated heterocycles. The van der Waals surface area contributed by atoms with Crippen molar-refractivity contribution in [2.45, 2.75) is 0 Å². The van der Waals surface area contributed by atoms with Crippen LogP contribution in [-0.2, 0) is 4.74 Å². The van der Waals surface area contributed by atoms with Crippen LogP contribution in [0.2, 0.25) is 0 Å². The van der Waals surface area contributed by atoms with Gasteiger partial charge in [-0.3, -0.25) is 0 Å². The molecule has 2 nitrogen and oxygen atoms in total. The molecule has 0 aromatic carbocycles. The van der Waals surface area contributed by atoms with Crippen LogP contribution in [-0.4, -0.2) is 7.11 Å². The Hall–Kier alpha value is -1.18. The molecule has 0 heterocycles. The molecule has 0 fully saturated rings. The first-order valence-corrected chi connectivity index (χ1v) is 2.52. The highest BCUT2D eigenvalue weighted by molar-refractivity contribution is 5.18. The molecular weight excluding hydrogens is 114 g/mol. The topological polar surface area (TPSA) is 35.2 Å². The molecule has 0 saturated carbocycles. The van der Waals surface area contributed by atoms with Gasteiger partial charge in [-0.25, -0.2) is 0 Å². The summed E-state index contributed by atoms with van der Waals surface area (Å²) < 4.78 is 4.72. The molecule has 0 aliphatic heterocycles. The SMILES string of the molecule is C=C(N)/C=C\C(=C)OC. The van der Waals surface area contributed by atoms with Crippen LogP contribution in [0.4, 0.5) is 0 Å². The normalized spacial score (nSPS) is 9.44. The maximum absolute atomic E-state index is 5.22. The fraction of sp³-hybridized carbons (Fsp3) is 0.143. The maximum Gasteiger partial charge on any atom is 0.111 e. The van der Waals surface area contributed by atoms with Crippen molar-refractivity contribution in [3.8, 4) is 0 Å². The highest BCUT2D eigenvalue weighted by atomic mass is 16.5. The molecule has 2 N–H and O–H groups in total. The molecule has 0 aliphatic carbocycles. The summed E-state index contributed by atoms with van der Waals surface area (Å²) in [6, 6.07) is 0. The summed E-state index contributed by atoms with van der Waals surface area (Å²) in [6.07, 6.45) is 3.29. The van der Waals surface area contributed by atoms with Gasteiger partial charge in [0, 0.05) is 5.70 Å². The first-order chi connectivity index (χ1) is 4.16. The Morgan fingerprint density at radius 1 is 1.44 bits per heavy atom. The summed E-state index contributed by atoms with van der Waals surface area (Å²) in [5.41, 5.74) is 5.71. The zero-order valence-corrected chi connectivity index (χ0v) is 5.55. The predicted molar refractivity (Wildman–Crippen MR) is 38.6 cm³/mol. The van der Waals surface area contributed by atoms with Gasteiger partial charge in [-0.15, -0.1) is 0 Å². The van der Waals surface area contributed by atoms with Crippen molar-refractivity contribution in [3.05, 3.63) is 36.8 Å². The van der Waals surface area contributed by atoms with Crippen LogP contribution >= 0.6 is 0 Å². The van der Waals surface area contributed by atoms with E-state index in [0.717, 1.165) is 0 Å². The number of hydrogen-bond acceptors (Lipinski definition) is 2. The molecule has 0 radical (unpaired) electrons. The first kappa shape index (κ1) is 7.82. The lowest BCUT2D eigenvalue weighted by atomic mass is 10.4. The second-order valence-corrected chi connectivity index (χ2v) is 1.58. The van der Waals surface area contributed by atoms with E-state index >= 15 is 0 Å². The van der Waals surface area contributed by atoms with Gasteiger partial charge in [0.1, 0.15) is 5.76 Å². The monoisotopic (exact) mass is 125 g/mol. The van der Waals surface area contributed by atoms with Crippen LogP contribution in [0.5, 0.6) is 0 Å². The number of allylic oxidation sites excluding steroid dienone is 2. The van der Waals surface area contributed by atoms with Crippen LogP contribution < -0.4 is 5.73 Å². The predicted octanol–water partition coefficient (Wildman–Crippen LogP) is 1.18. The second-order valence-electron chi connectivity index (χ2n) is 1.58. The zero-order chi connectivity index (χ0) is 7.28. The minimum Gasteiger partial charge on any atom is -0.497 e. The lowest BCUT2D eigenvalue weighted by molar-refractivity contribution is 0.309. The van der Waals surface area contributed by atoms with Crippen molar-refractivity contribution < 1.29 is 4.74 Å². The largest absolute Gasteiger partial charge is 0.497 e. The van der Waals surface area contributed by atoms with Crippen LogP contribution in [0.1, 0.15) is 0 Å². The first-order valence-electron chi connectivity index (χ1n) is 2.52. The van der Waals surface area contributed by atoms with Crippen LogP contribution in [0, 0.1) is 0 Å². The van der Waals surface area contributed by atoms with Gasteiger partial charge in [-0.1, -0.05) is 13.2 Å². The third-order valence-corrected chi connectivity index (χ3v) is 0.745. The number of hydrogen-bond donors (Lipinski definition) is 1. The molecule has 0 aromatic rings. The third kappa shape index (κ3) is 4.68. The van der Waals surface area contributed by atoms with E-state index in [1.54, 1.807) is 19.3 Å². The van der Waals surface area contributed by atoms with Gasteiger partial charge in [-0.2, -0.15) is 0 Å². The summed E-state index contributed by atoms with van der Waals surface area (Å²) in [6.45, 7) is 7.00. The fourth-order valence-corrected chi connectivity index (χ4v) is 0.268. The fourth-order valence-electron chi connectivity index (χ4n) is 0.268. The van der Waals surface area contributed by atoms with E-state index in [-0.39, 0.29) is 0 Å². The third-order valence-electron chi connectivity index (χ3n) is 0.745. The quantitative estimate of drug-likeness (QED) is 0.454. The van der Waals surface area contributed by atoms with Crippen molar-refractivity contribution in [1.29, 1.82) is 0 Å². The molecule has 0 spiro atoms. The van der Waals surface area contributed by atoms with Crippen molar-refractivity contribution in [2.24, 2.45) is 5.73 Å². The van der Waals surface area contributed by atoms with E-state index in [2.05, 4.69) is 13.2 Å². The molecule has 0 atom stereocenters. The van der Waals surface area contributed by atoms with Gasteiger partial charge in [0.15, 0.2) is 0 Å². The molecular formula is C7H11NO. The number of methoxy groups -OCH3 is 1. The number of nitrogens with two attached hydrogens (primary N) is 1. The van der Waals surface area contributed by atoms with Gasteiger partial charge >= 0.3 is 0 Å². The van der Waals surface area contributed by atoms with E-state index in [1.165, 1.54) is 0 Å². The maximum atomic E-state index is 5.22. The standard InChI is InChI=1S/C7H11NO/c1-6(8)4-5-7(2)9-3/h4-5H,1-2,8H2,3H3/b5-4-. The Kier molecular flexibility index (Phi) is 3.28. The van der Waals surface area contributed by atoms with Crippen LogP contribution in [0.25, 0.3) is 0 Å². The molecule has 2 heteroatoms. The highest BCUT2D eigenvalue weighted by Gasteiger charge is 1.79. The van der Waals surface area contributed by atoms with Gasteiger partial charge in [0.25, 0.3) is 0 Å². The van der Waals surface area contributed by atoms with Crippen molar-refractivity contribution >= 4 is 0 Å². The molecule has 0 aromatic heterocycles. The summed E-state index contributed by atoms with van der Waals surface area (Å²) in [4.78, 5) is 0. The van der Waals surface area contributed by atoms with Gasteiger partial charge in [-0.05, 0) is 12.2 Å². The summed E-state index contributed by atoms with van der Waals surface area (Å²) in [7, 11) is 1.55. The lowest BCUT2D eigenvalue weighted by Gasteiger charge is -1.94. The Balaban J connectivity index is 3.71. The Morgan fingerprint density at radius 2 is 2.00 bits per heavy atom. The van der Waals surface area contributed by atoms with E-state index in [4.69, 9.17) is 10.5 Å². The zero-order valence-electron chi connectivity index (χ0n) is 5.55. The van der Waals surface area contributed by atoms with Gasteiger partial charge in [0.05, 0.1) is 7.11 Å². The van der Waals surface area contributed by atoms with Crippen molar-refractivity contribution in [2.75, 3.05) is 7.11 Å². The number of rotatable bonds is 3. The van der Waals surface area contributed by atoms with Gasteiger partial charge < -0.3 is 10.5 Å². The molecule has 9 heavy (non-hydrogen) atoms. The molecule has 0 bridgehead atoms. The number of ether oxygens (including phenoxy) is 1. The van der Waals surface area contributed by atoms with Gasteiger partial charge in [0.2, 0.25) is 0 Å². The van der Waals surface area contributed by atoms with Crippen molar-refractivity contribution in [1.82, 2.24) is 0 Å². The van der Waals surface area contributed by atoms with Crippen molar-refractivity contribution in [3.63, 3.8) is 0 Å². The Bertz CT molecular complexity index is 147. The molecule has 50 valence electrons. The minimum atomic E-state index is 0.494. The average Bonchev–Trinajstić information content (AvgIpc) is 1.83. The van der Waals surface area contributed by atoms with E-state index < -0.39 is 0 Å². The summed E-state index contributed by atoms with van der Waals surface area (Å²) in [5.74, 6) is 0.571. The molecule has 0 unspecified atom stereocenters. The molecule has 0 aliphatic rings. The smallest absolute Gasteiger partial charge is 0.111 e.